The Kier molecular flexibility index (Phi) is 5.44. The normalized spacial score (nSPS) is 18.8. The quantitative estimate of drug-likeness (QED) is 0.548. The zero-order valence-electron chi connectivity index (χ0n) is 19.0. The molecule has 3 heterocycles. The highest BCUT2D eigenvalue weighted by atomic mass is 19.4. The van der Waals surface area contributed by atoms with Gasteiger partial charge in [-0.05, 0) is 47.9 Å². The van der Waals surface area contributed by atoms with Crippen molar-refractivity contribution in [3.8, 4) is 0 Å². The molecule has 0 bridgehead atoms. The smallest absolute Gasteiger partial charge is 0.379 e. The lowest BCUT2D eigenvalue weighted by Crippen LogP contribution is -2.50. The van der Waals surface area contributed by atoms with Crippen LogP contribution in [0.1, 0.15) is 57.6 Å². The van der Waals surface area contributed by atoms with E-state index in [0.717, 1.165) is 6.07 Å². The number of hydrogen-bond acceptors (Lipinski definition) is 5. The molecule has 1 amide bonds. The maximum absolute atomic E-state index is 15.7. The summed E-state index contributed by atoms with van der Waals surface area (Å²) in [5.74, 6) is -0.421. The second-order valence-electron chi connectivity index (χ2n) is 9.13. The first-order chi connectivity index (χ1) is 16.5. The number of halogens is 4. The average molecular weight is 489 g/mol. The first kappa shape index (κ1) is 23.4. The molecule has 3 aromatic rings. The number of ether oxygens (including phenoxy) is 1. The van der Waals surface area contributed by atoms with Crippen LogP contribution in [0.3, 0.4) is 0 Å². The zero-order chi connectivity index (χ0) is 25.1. The number of nitrogens with zero attached hydrogens (tertiary/aromatic N) is 4. The van der Waals surface area contributed by atoms with Gasteiger partial charge in [-0.1, -0.05) is 12.1 Å². The number of benzene rings is 2. The number of fused-ring (bicyclic) bond motifs is 1. The number of nitrogens with two attached hydrogens (primary N) is 1. The fourth-order valence-electron chi connectivity index (χ4n) is 4.69. The van der Waals surface area contributed by atoms with E-state index in [4.69, 9.17) is 10.5 Å². The van der Waals surface area contributed by atoms with E-state index in [0.29, 0.717) is 11.3 Å². The summed E-state index contributed by atoms with van der Waals surface area (Å²) < 4.78 is 64.1. The summed E-state index contributed by atoms with van der Waals surface area (Å²) in [7, 11) is 1.64. The summed E-state index contributed by atoms with van der Waals surface area (Å²) in [5.41, 5.74) is 4.95. The standard InChI is InChI=1S/C24H23F4N5O2/c1-13(29)14-6-17-18(19(7-14)24(26,27)28)9-33(22(17)34)16-5-3-4-15(8-16)23(10-35-11-23)20(25)21-31-30-12-32(21)2/h3-8,12-13,20H,9-11,29H2,1-2H3/t13-,20+/m1/s1. The van der Waals surface area contributed by atoms with E-state index in [1.165, 1.54) is 21.9 Å². The summed E-state index contributed by atoms with van der Waals surface area (Å²) >= 11 is 0. The first-order valence-corrected chi connectivity index (χ1v) is 11.0. The number of anilines is 1. The van der Waals surface area contributed by atoms with Crippen LogP contribution < -0.4 is 10.6 Å². The predicted octanol–water partition coefficient (Wildman–Crippen LogP) is 3.99. The highest BCUT2D eigenvalue weighted by molar-refractivity contribution is 6.10. The molecule has 2 atom stereocenters. The van der Waals surface area contributed by atoms with Crippen LogP contribution in [0.5, 0.6) is 0 Å². The van der Waals surface area contributed by atoms with E-state index >= 15 is 4.39 Å². The third kappa shape index (κ3) is 3.69. The lowest BCUT2D eigenvalue weighted by atomic mass is 9.74. The summed E-state index contributed by atoms with van der Waals surface area (Å²) in [6.45, 7) is 1.49. The lowest BCUT2D eigenvalue weighted by Gasteiger charge is -2.43. The topological polar surface area (TPSA) is 86.3 Å². The lowest BCUT2D eigenvalue weighted by molar-refractivity contribution is -0.138. The van der Waals surface area contributed by atoms with E-state index in [2.05, 4.69) is 10.2 Å². The Morgan fingerprint density at radius 2 is 1.94 bits per heavy atom. The molecule has 2 aromatic carbocycles. The van der Waals surface area contributed by atoms with E-state index in [1.807, 2.05) is 0 Å². The van der Waals surface area contributed by atoms with Crippen molar-refractivity contribution in [2.24, 2.45) is 12.8 Å². The molecule has 0 spiro atoms. The first-order valence-electron chi connectivity index (χ1n) is 11.0. The van der Waals surface area contributed by atoms with Gasteiger partial charge in [0, 0.05) is 24.3 Å². The molecule has 184 valence electrons. The van der Waals surface area contributed by atoms with Gasteiger partial charge in [0.15, 0.2) is 12.0 Å². The Hall–Kier alpha value is -3.31. The Morgan fingerprint density at radius 3 is 2.51 bits per heavy atom. The monoisotopic (exact) mass is 489 g/mol. The molecule has 2 aliphatic rings. The SMILES string of the molecule is C[C@@H](N)c1cc2c(c(C(F)(F)F)c1)CN(c1cccc(C3([C@@H](F)c4nncn4C)COC3)c1)C2=O. The average Bonchev–Trinajstić information content (AvgIpc) is 3.35. The van der Waals surface area contributed by atoms with Crippen molar-refractivity contribution in [3.63, 3.8) is 0 Å². The molecule has 35 heavy (non-hydrogen) atoms. The van der Waals surface area contributed by atoms with Crippen molar-refractivity contribution < 1.29 is 27.1 Å². The van der Waals surface area contributed by atoms with Crippen LogP contribution >= 0.6 is 0 Å². The third-order valence-electron chi connectivity index (χ3n) is 6.81. The van der Waals surface area contributed by atoms with E-state index < -0.39 is 35.3 Å². The largest absolute Gasteiger partial charge is 0.416 e. The van der Waals surface area contributed by atoms with Gasteiger partial charge >= 0.3 is 6.18 Å². The molecule has 0 unspecified atom stereocenters. The molecule has 1 saturated heterocycles. The van der Waals surface area contributed by atoms with Crippen molar-refractivity contribution >= 4 is 11.6 Å². The number of rotatable bonds is 5. The third-order valence-corrected chi connectivity index (χ3v) is 6.81. The van der Waals surface area contributed by atoms with Crippen molar-refractivity contribution in [1.29, 1.82) is 0 Å². The van der Waals surface area contributed by atoms with Gasteiger partial charge in [-0.2, -0.15) is 13.2 Å². The molecule has 1 aromatic heterocycles. The Balaban J connectivity index is 1.53. The van der Waals surface area contributed by atoms with Crippen molar-refractivity contribution in [1.82, 2.24) is 14.8 Å². The van der Waals surface area contributed by atoms with Gasteiger partial charge in [0.25, 0.3) is 5.91 Å². The minimum atomic E-state index is -4.64. The minimum Gasteiger partial charge on any atom is -0.379 e. The van der Waals surface area contributed by atoms with Gasteiger partial charge in [0.05, 0.1) is 30.7 Å². The molecule has 2 aliphatic heterocycles. The van der Waals surface area contributed by atoms with Crippen molar-refractivity contribution in [3.05, 3.63) is 76.4 Å². The van der Waals surface area contributed by atoms with Crippen LogP contribution in [-0.4, -0.2) is 33.9 Å². The maximum atomic E-state index is 15.7. The van der Waals surface area contributed by atoms with Crippen molar-refractivity contribution in [2.75, 3.05) is 18.1 Å². The van der Waals surface area contributed by atoms with Crippen molar-refractivity contribution in [2.45, 2.75) is 37.3 Å². The number of hydrogen-bond donors (Lipinski definition) is 1. The second kappa shape index (κ2) is 8.13. The highest BCUT2D eigenvalue weighted by Crippen LogP contribution is 2.46. The van der Waals surface area contributed by atoms with Gasteiger partial charge < -0.3 is 19.9 Å². The number of carbonyl (C=O) groups is 1. The Labute approximate surface area is 198 Å². The molecular formula is C24H23F4N5O2. The number of alkyl halides is 4. The number of carbonyl (C=O) groups excluding carboxylic acids is 1. The van der Waals surface area contributed by atoms with E-state index in [1.54, 1.807) is 38.2 Å². The van der Waals surface area contributed by atoms with Crippen LogP contribution in [0, 0.1) is 0 Å². The zero-order valence-corrected chi connectivity index (χ0v) is 19.0. The summed E-state index contributed by atoms with van der Waals surface area (Å²) in [5, 5.41) is 7.63. The number of amides is 1. The number of aryl methyl sites for hydroxylation is 1. The van der Waals surface area contributed by atoms with Crippen LogP contribution in [0.4, 0.5) is 23.2 Å². The van der Waals surface area contributed by atoms with Crippen LogP contribution in [0.2, 0.25) is 0 Å². The molecule has 1 fully saturated rings. The molecule has 5 rings (SSSR count). The molecular weight excluding hydrogens is 466 g/mol. The molecule has 11 heteroatoms. The fraction of sp³-hybridized carbons (Fsp3) is 0.375. The summed E-state index contributed by atoms with van der Waals surface area (Å²) in [6.07, 6.45) is -4.77. The van der Waals surface area contributed by atoms with Crippen LogP contribution in [-0.2, 0) is 29.9 Å². The Bertz CT molecular complexity index is 1300. The van der Waals surface area contributed by atoms with Crippen LogP contribution in [0.25, 0.3) is 0 Å². The molecule has 0 aliphatic carbocycles. The summed E-state index contributed by atoms with van der Waals surface area (Å²) in [4.78, 5) is 14.5. The molecule has 0 saturated carbocycles. The number of aromatic nitrogens is 3. The molecule has 2 N–H and O–H groups in total. The van der Waals surface area contributed by atoms with Crippen LogP contribution in [0.15, 0.2) is 42.7 Å². The van der Waals surface area contributed by atoms with Gasteiger partial charge in [0.1, 0.15) is 6.33 Å². The van der Waals surface area contributed by atoms with E-state index in [-0.39, 0.29) is 42.3 Å². The minimum absolute atomic E-state index is 0.0262. The van der Waals surface area contributed by atoms with Gasteiger partial charge in [-0.25, -0.2) is 4.39 Å². The van der Waals surface area contributed by atoms with Gasteiger partial charge in [0.2, 0.25) is 0 Å². The molecule has 0 radical (unpaired) electrons. The maximum Gasteiger partial charge on any atom is 0.416 e. The highest BCUT2D eigenvalue weighted by Gasteiger charge is 2.51. The predicted molar refractivity (Wildman–Crippen MR) is 118 cm³/mol. The Morgan fingerprint density at radius 1 is 1.20 bits per heavy atom. The second-order valence-corrected chi connectivity index (χ2v) is 9.13. The van der Waals surface area contributed by atoms with Gasteiger partial charge in [-0.3, -0.25) is 4.79 Å². The van der Waals surface area contributed by atoms with Gasteiger partial charge in [-0.15, -0.1) is 10.2 Å². The summed E-state index contributed by atoms with van der Waals surface area (Å²) in [6, 6.07) is 8.39. The van der Waals surface area contributed by atoms with E-state index in [9.17, 15) is 18.0 Å². The fourth-order valence-corrected chi connectivity index (χ4v) is 4.69. The molecule has 7 nitrogen and oxygen atoms in total.